The lowest BCUT2D eigenvalue weighted by Crippen LogP contribution is -2.51. The minimum atomic E-state index is -0.0465. The zero-order valence-corrected chi connectivity index (χ0v) is 15.4. The maximum atomic E-state index is 12.6. The fourth-order valence-corrected chi connectivity index (χ4v) is 3.88. The van der Waals surface area contributed by atoms with Gasteiger partial charge in [-0.3, -0.25) is 4.79 Å². The molecule has 3 amide bonds. The van der Waals surface area contributed by atoms with E-state index in [2.05, 4.69) is 10.6 Å². The SMILES string of the molecule is Cc1ccc(C(=O)N2CCC(NC(=O)NC3CCCCC3)CC2)n1C. The van der Waals surface area contributed by atoms with Gasteiger partial charge in [-0.1, -0.05) is 19.3 Å². The Balaban J connectivity index is 1.44. The van der Waals surface area contributed by atoms with E-state index >= 15 is 0 Å². The smallest absolute Gasteiger partial charge is 0.315 e. The maximum absolute atomic E-state index is 12.6. The van der Waals surface area contributed by atoms with Crippen molar-refractivity contribution in [3.05, 3.63) is 23.5 Å². The van der Waals surface area contributed by atoms with Gasteiger partial charge in [0.2, 0.25) is 0 Å². The average molecular weight is 346 g/mol. The Kier molecular flexibility index (Phi) is 5.66. The van der Waals surface area contributed by atoms with Gasteiger partial charge in [0.15, 0.2) is 0 Å². The maximum Gasteiger partial charge on any atom is 0.315 e. The van der Waals surface area contributed by atoms with Gasteiger partial charge in [0, 0.05) is 37.9 Å². The van der Waals surface area contributed by atoms with Crippen LogP contribution in [0.25, 0.3) is 0 Å². The van der Waals surface area contributed by atoms with E-state index in [-0.39, 0.29) is 18.0 Å². The molecule has 1 saturated carbocycles. The molecule has 6 heteroatoms. The molecule has 3 rings (SSSR count). The summed E-state index contributed by atoms with van der Waals surface area (Å²) in [6, 6.07) is 4.30. The summed E-state index contributed by atoms with van der Waals surface area (Å²) in [5.41, 5.74) is 1.82. The highest BCUT2D eigenvalue weighted by atomic mass is 16.2. The summed E-state index contributed by atoms with van der Waals surface area (Å²) in [6.45, 7) is 3.38. The van der Waals surface area contributed by atoms with Gasteiger partial charge in [-0.05, 0) is 44.7 Å². The van der Waals surface area contributed by atoms with Crippen LogP contribution in [-0.4, -0.2) is 46.6 Å². The summed E-state index contributed by atoms with van der Waals surface area (Å²) < 4.78 is 1.93. The van der Waals surface area contributed by atoms with Crippen molar-refractivity contribution >= 4 is 11.9 Å². The highest BCUT2D eigenvalue weighted by Crippen LogP contribution is 2.18. The summed E-state index contributed by atoms with van der Waals surface area (Å²) >= 11 is 0. The summed E-state index contributed by atoms with van der Waals surface area (Å²) in [5, 5.41) is 6.19. The van der Waals surface area contributed by atoms with Gasteiger partial charge in [-0.15, -0.1) is 0 Å². The molecule has 1 saturated heterocycles. The minimum absolute atomic E-state index is 0.0465. The van der Waals surface area contributed by atoms with Gasteiger partial charge in [0.05, 0.1) is 0 Å². The first-order chi connectivity index (χ1) is 12.0. The van der Waals surface area contributed by atoms with Crippen molar-refractivity contribution in [2.75, 3.05) is 13.1 Å². The number of hydrogen-bond acceptors (Lipinski definition) is 2. The van der Waals surface area contributed by atoms with Gasteiger partial charge in [0.1, 0.15) is 5.69 Å². The molecule has 138 valence electrons. The molecule has 2 aliphatic rings. The second kappa shape index (κ2) is 7.93. The van der Waals surface area contributed by atoms with E-state index in [1.165, 1.54) is 19.3 Å². The van der Waals surface area contributed by atoms with E-state index in [1.54, 1.807) is 0 Å². The molecule has 2 heterocycles. The zero-order valence-electron chi connectivity index (χ0n) is 15.4. The van der Waals surface area contributed by atoms with Crippen molar-refractivity contribution in [3.63, 3.8) is 0 Å². The second-order valence-electron chi connectivity index (χ2n) is 7.44. The molecule has 2 fully saturated rings. The van der Waals surface area contributed by atoms with E-state index in [9.17, 15) is 9.59 Å². The number of hydrogen-bond donors (Lipinski definition) is 2. The third-order valence-corrected chi connectivity index (χ3v) is 5.65. The minimum Gasteiger partial charge on any atom is -0.344 e. The number of nitrogens with one attached hydrogen (secondary N) is 2. The Morgan fingerprint density at radius 1 is 0.960 bits per heavy atom. The number of nitrogens with zero attached hydrogens (tertiary/aromatic N) is 2. The molecule has 1 aromatic heterocycles. The normalized spacial score (nSPS) is 19.7. The monoisotopic (exact) mass is 346 g/mol. The van der Waals surface area contributed by atoms with E-state index in [1.807, 2.05) is 35.6 Å². The van der Waals surface area contributed by atoms with Gasteiger partial charge in [0.25, 0.3) is 5.91 Å². The average Bonchev–Trinajstić information content (AvgIpc) is 2.95. The van der Waals surface area contributed by atoms with Gasteiger partial charge >= 0.3 is 6.03 Å². The Hall–Kier alpha value is -1.98. The zero-order chi connectivity index (χ0) is 17.8. The highest BCUT2D eigenvalue weighted by Gasteiger charge is 2.26. The first kappa shape index (κ1) is 17.8. The lowest BCUT2D eigenvalue weighted by molar-refractivity contribution is 0.0698. The number of urea groups is 1. The molecule has 0 radical (unpaired) electrons. The predicted octanol–water partition coefficient (Wildman–Crippen LogP) is 2.57. The molecule has 1 aromatic rings. The highest BCUT2D eigenvalue weighted by molar-refractivity contribution is 5.93. The number of aromatic nitrogens is 1. The van der Waals surface area contributed by atoms with E-state index in [4.69, 9.17) is 0 Å². The topological polar surface area (TPSA) is 66.4 Å². The lowest BCUT2D eigenvalue weighted by Gasteiger charge is -2.33. The van der Waals surface area contributed by atoms with Crippen LogP contribution in [0.4, 0.5) is 4.79 Å². The molecule has 0 bridgehead atoms. The number of aryl methyl sites for hydroxylation is 1. The molecule has 1 aliphatic carbocycles. The third kappa shape index (κ3) is 4.35. The van der Waals surface area contributed by atoms with Crippen LogP contribution in [0.2, 0.25) is 0 Å². The van der Waals surface area contributed by atoms with Gasteiger partial charge in [-0.2, -0.15) is 0 Å². The number of piperidine rings is 1. The van der Waals surface area contributed by atoms with Crippen LogP contribution in [0.3, 0.4) is 0 Å². The Morgan fingerprint density at radius 2 is 1.56 bits per heavy atom. The number of amides is 3. The van der Waals surface area contributed by atoms with Crippen molar-refractivity contribution in [1.82, 2.24) is 20.1 Å². The molecule has 6 nitrogen and oxygen atoms in total. The summed E-state index contributed by atoms with van der Waals surface area (Å²) in [4.78, 5) is 26.7. The summed E-state index contributed by atoms with van der Waals surface area (Å²) in [7, 11) is 1.92. The van der Waals surface area contributed by atoms with Gasteiger partial charge in [-0.25, -0.2) is 4.79 Å². The standard InChI is InChI=1S/C19H30N4O2/c1-14-8-9-17(22(14)2)18(24)23-12-10-16(11-13-23)21-19(25)20-15-6-4-3-5-7-15/h8-9,15-16H,3-7,10-13H2,1-2H3,(H2,20,21,25). The predicted molar refractivity (Wildman–Crippen MR) is 97.6 cm³/mol. The molecular weight excluding hydrogens is 316 g/mol. The molecule has 25 heavy (non-hydrogen) atoms. The molecule has 0 aromatic carbocycles. The molecule has 0 unspecified atom stereocenters. The first-order valence-electron chi connectivity index (χ1n) is 9.53. The van der Waals surface area contributed by atoms with Crippen molar-refractivity contribution in [2.45, 2.75) is 64.0 Å². The van der Waals surface area contributed by atoms with Crippen molar-refractivity contribution < 1.29 is 9.59 Å². The van der Waals surface area contributed by atoms with Crippen molar-refractivity contribution in [3.8, 4) is 0 Å². The van der Waals surface area contributed by atoms with Crippen LogP contribution in [0, 0.1) is 6.92 Å². The van der Waals surface area contributed by atoms with E-state index < -0.39 is 0 Å². The Morgan fingerprint density at radius 3 is 2.12 bits per heavy atom. The molecule has 1 aliphatic heterocycles. The molecule has 0 spiro atoms. The summed E-state index contributed by atoms with van der Waals surface area (Å²) in [5.74, 6) is 0.0840. The van der Waals surface area contributed by atoms with Crippen molar-refractivity contribution in [1.29, 1.82) is 0 Å². The Bertz CT molecular complexity index is 611. The lowest BCUT2D eigenvalue weighted by atomic mass is 9.96. The molecular formula is C19H30N4O2. The third-order valence-electron chi connectivity index (χ3n) is 5.65. The van der Waals surface area contributed by atoms with E-state index in [0.29, 0.717) is 19.1 Å². The van der Waals surface area contributed by atoms with Crippen LogP contribution in [0.15, 0.2) is 12.1 Å². The quantitative estimate of drug-likeness (QED) is 0.883. The first-order valence-corrected chi connectivity index (χ1v) is 9.53. The fourth-order valence-electron chi connectivity index (χ4n) is 3.88. The largest absolute Gasteiger partial charge is 0.344 e. The van der Waals surface area contributed by atoms with Crippen LogP contribution >= 0.6 is 0 Å². The fraction of sp³-hybridized carbons (Fsp3) is 0.684. The van der Waals surface area contributed by atoms with Crippen LogP contribution in [0.5, 0.6) is 0 Å². The van der Waals surface area contributed by atoms with E-state index in [0.717, 1.165) is 37.1 Å². The Labute approximate surface area is 149 Å². The number of carbonyl (C=O) groups excluding carboxylic acids is 2. The van der Waals surface area contributed by atoms with Crippen molar-refractivity contribution in [2.24, 2.45) is 7.05 Å². The number of likely N-dealkylation sites (tertiary alicyclic amines) is 1. The number of rotatable bonds is 3. The second-order valence-corrected chi connectivity index (χ2v) is 7.44. The molecule has 2 N–H and O–H groups in total. The van der Waals surface area contributed by atoms with Crippen LogP contribution in [0.1, 0.15) is 61.1 Å². The summed E-state index contributed by atoms with van der Waals surface area (Å²) in [6.07, 6.45) is 7.52. The van der Waals surface area contributed by atoms with Crippen LogP contribution < -0.4 is 10.6 Å². The van der Waals surface area contributed by atoms with Crippen LogP contribution in [-0.2, 0) is 7.05 Å². The number of carbonyl (C=O) groups is 2. The molecule has 0 atom stereocenters. The van der Waals surface area contributed by atoms with Gasteiger partial charge < -0.3 is 20.1 Å².